The molecule has 0 radical (unpaired) electrons. The maximum absolute atomic E-state index is 11.7. The lowest BCUT2D eigenvalue weighted by atomic mass is 9.86. The van der Waals surface area contributed by atoms with Crippen LogP contribution in [0.25, 0.3) is 11.0 Å². The monoisotopic (exact) mass is 272 g/mol. The van der Waals surface area contributed by atoms with Gasteiger partial charge in [0, 0.05) is 11.5 Å². The van der Waals surface area contributed by atoms with Crippen LogP contribution in [0.15, 0.2) is 33.5 Å². The molecule has 0 aliphatic heterocycles. The molecule has 0 N–H and O–H groups in total. The van der Waals surface area contributed by atoms with Gasteiger partial charge in [0.25, 0.3) is 0 Å². The second kappa shape index (κ2) is 5.82. The first-order valence-electron chi connectivity index (χ1n) is 7.49. The number of benzene rings is 1. The highest BCUT2D eigenvalue weighted by Gasteiger charge is 2.15. The molecule has 0 aliphatic rings. The fraction of sp³-hybridized carbons (Fsp3) is 0.500. The van der Waals surface area contributed by atoms with Gasteiger partial charge in [-0.05, 0) is 41.5 Å². The molecule has 0 fully saturated rings. The first-order valence-corrected chi connectivity index (χ1v) is 7.49. The third-order valence-corrected chi connectivity index (χ3v) is 3.74. The molecule has 108 valence electrons. The van der Waals surface area contributed by atoms with Crippen LogP contribution in [-0.4, -0.2) is 0 Å². The first kappa shape index (κ1) is 14.8. The summed E-state index contributed by atoms with van der Waals surface area (Å²) in [6, 6.07) is 7.83. The Balaban J connectivity index is 2.50. The van der Waals surface area contributed by atoms with E-state index < -0.39 is 0 Å². The van der Waals surface area contributed by atoms with Gasteiger partial charge in [-0.25, -0.2) is 4.79 Å². The summed E-state index contributed by atoms with van der Waals surface area (Å²) in [6.45, 7) is 8.78. The largest absolute Gasteiger partial charge is 0.423 e. The molecule has 2 aromatic rings. The number of hydrogen-bond acceptors (Lipinski definition) is 2. The quantitative estimate of drug-likeness (QED) is 0.590. The highest BCUT2D eigenvalue weighted by atomic mass is 16.4. The number of fused-ring (bicyclic) bond motifs is 1. The van der Waals surface area contributed by atoms with Gasteiger partial charge in [-0.2, -0.15) is 0 Å². The molecule has 1 aromatic heterocycles. The fourth-order valence-electron chi connectivity index (χ4n) is 2.47. The molecule has 2 nitrogen and oxygen atoms in total. The Labute approximate surface area is 120 Å². The Hall–Kier alpha value is -1.57. The van der Waals surface area contributed by atoms with E-state index in [2.05, 4.69) is 39.8 Å². The first-order chi connectivity index (χ1) is 9.41. The van der Waals surface area contributed by atoms with Gasteiger partial charge in [0.15, 0.2) is 0 Å². The van der Waals surface area contributed by atoms with E-state index in [0.29, 0.717) is 5.58 Å². The lowest BCUT2D eigenvalue weighted by Crippen LogP contribution is -2.11. The number of rotatable bonds is 4. The molecule has 0 saturated carbocycles. The van der Waals surface area contributed by atoms with Gasteiger partial charge in [0.2, 0.25) is 0 Å². The van der Waals surface area contributed by atoms with Crippen molar-refractivity contribution >= 4 is 11.0 Å². The second-order valence-electron chi connectivity index (χ2n) is 6.51. The van der Waals surface area contributed by atoms with Crippen molar-refractivity contribution in [1.82, 2.24) is 0 Å². The van der Waals surface area contributed by atoms with E-state index >= 15 is 0 Å². The highest BCUT2D eigenvalue weighted by molar-refractivity contribution is 5.81. The number of hydrogen-bond donors (Lipinski definition) is 0. The zero-order valence-electron chi connectivity index (χ0n) is 13.0. The van der Waals surface area contributed by atoms with Gasteiger partial charge < -0.3 is 4.42 Å². The van der Waals surface area contributed by atoms with Crippen LogP contribution in [0.3, 0.4) is 0 Å². The van der Waals surface area contributed by atoms with Gasteiger partial charge in [0.05, 0.1) is 0 Å². The average Bonchev–Trinajstić information content (AvgIpc) is 2.37. The van der Waals surface area contributed by atoms with Crippen LogP contribution < -0.4 is 5.63 Å². The van der Waals surface area contributed by atoms with Crippen molar-refractivity contribution in [1.29, 1.82) is 0 Å². The minimum atomic E-state index is -0.243. The summed E-state index contributed by atoms with van der Waals surface area (Å²) in [7, 11) is 0. The average molecular weight is 272 g/mol. The van der Waals surface area contributed by atoms with Gasteiger partial charge in [-0.1, -0.05) is 46.6 Å². The molecule has 2 rings (SSSR count). The van der Waals surface area contributed by atoms with Crippen LogP contribution in [0.1, 0.15) is 58.1 Å². The minimum absolute atomic E-state index is 0.102. The normalized spacial score (nSPS) is 12.0. The number of aryl methyl sites for hydroxylation is 1. The SMILES string of the molecule is CCCCCc1cc(=O)oc2ccc(C(C)(C)C)cc12. The van der Waals surface area contributed by atoms with Crippen LogP contribution in [0, 0.1) is 0 Å². The molecule has 1 heterocycles. The highest BCUT2D eigenvalue weighted by Crippen LogP contribution is 2.27. The second-order valence-corrected chi connectivity index (χ2v) is 6.51. The maximum atomic E-state index is 11.7. The van der Waals surface area contributed by atoms with E-state index in [-0.39, 0.29) is 11.0 Å². The van der Waals surface area contributed by atoms with Crippen LogP contribution in [0.5, 0.6) is 0 Å². The fourth-order valence-corrected chi connectivity index (χ4v) is 2.47. The van der Waals surface area contributed by atoms with Crippen LogP contribution in [0.2, 0.25) is 0 Å². The zero-order valence-corrected chi connectivity index (χ0v) is 13.0. The molecule has 0 spiro atoms. The van der Waals surface area contributed by atoms with Crippen molar-refractivity contribution in [2.45, 2.75) is 58.8 Å². The van der Waals surface area contributed by atoms with Crippen molar-refractivity contribution in [2.24, 2.45) is 0 Å². The Morgan fingerprint density at radius 1 is 1.10 bits per heavy atom. The Bertz CT molecular complexity index is 644. The van der Waals surface area contributed by atoms with E-state index in [4.69, 9.17) is 4.42 Å². The Morgan fingerprint density at radius 3 is 2.50 bits per heavy atom. The summed E-state index contributed by atoms with van der Waals surface area (Å²) < 4.78 is 5.32. The standard InChI is InChI=1S/C18H24O2/c1-5-6-7-8-13-11-17(19)20-16-10-9-14(12-15(13)16)18(2,3)4/h9-12H,5-8H2,1-4H3. The van der Waals surface area contributed by atoms with Crippen LogP contribution in [-0.2, 0) is 11.8 Å². The summed E-state index contributed by atoms with van der Waals surface area (Å²) >= 11 is 0. The topological polar surface area (TPSA) is 30.2 Å². The minimum Gasteiger partial charge on any atom is -0.423 e. The predicted octanol–water partition coefficient (Wildman–Crippen LogP) is 4.82. The lowest BCUT2D eigenvalue weighted by Gasteiger charge is -2.19. The molecule has 0 unspecified atom stereocenters. The predicted molar refractivity (Wildman–Crippen MR) is 84.4 cm³/mol. The third kappa shape index (κ3) is 3.30. The Kier molecular flexibility index (Phi) is 4.32. The van der Waals surface area contributed by atoms with Crippen molar-refractivity contribution in [3.05, 3.63) is 45.8 Å². The summed E-state index contributed by atoms with van der Waals surface area (Å²) in [6.07, 6.45) is 4.45. The summed E-state index contributed by atoms with van der Waals surface area (Å²) in [5, 5.41) is 1.09. The third-order valence-electron chi connectivity index (χ3n) is 3.74. The van der Waals surface area contributed by atoms with Crippen molar-refractivity contribution in [3.63, 3.8) is 0 Å². The van der Waals surface area contributed by atoms with E-state index in [1.807, 2.05) is 6.07 Å². The lowest BCUT2D eigenvalue weighted by molar-refractivity contribution is 0.555. The molecule has 0 amide bonds. The molecular formula is C18H24O2. The van der Waals surface area contributed by atoms with Crippen LogP contribution >= 0.6 is 0 Å². The summed E-state index contributed by atoms with van der Waals surface area (Å²) in [5.41, 5.74) is 2.96. The van der Waals surface area contributed by atoms with Crippen LogP contribution in [0.4, 0.5) is 0 Å². The summed E-state index contributed by atoms with van der Waals surface area (Å²) in [4.78, 5) is 11.7. The molecule has 0 bridgehead atoms. The van der Waals surface area contributed by atoms with E-state index in [0.717, 1.165) is 23.8 Å². The van der Waals surface area contributed by atoms with E-state index in [1.165, 1.54) is 18.4 Å². The van der Waals surface area contributed by atoms with Gasteiger partial charge >= 0.3 is 5.63 Å². The smallest absolute Gasteiger partial charge is 0.336 e. The van der Waals surface area contributed by atoms with Gasteiger partial charge in [0.1, 0.15) is 5.58 Å². The molecule has 0 atom stereocenters. The van der Waals surface area contributed by atoms with Crippen molar-refractivity contribution < 1.29 is 4.42 Å². The molecule has 1 aromatic carbocycles. The van der Waals surface area contributed by atoms with E-state index in [1.54, 1.807) is 6.07 Å². The molecule has 0 saturated heterocycles. The van der Waals surface area contributed by atoms with Crippen molar-refractivity contribution in [2.75, 3.05) is 0 Å². The summed E-state index contributed by atoms with van der Waals surface area (Å²) in [5.74, 6) is 0. The molecular weight excluding hydrogens is 248 g/mol. The maximum Gasteiger partial charge on any atom is 0.336 e. The van der Waals surface area contributed by atoms with Gasteiger partial charge in [-0.15, -0.1) is 0 Å². The molecule has 20 heavy (non-hydrogen) atoms. The van der Waals surface area contributed by atoms with E-state index in [9.17, 15) is 4.79 Å². The molecule has 2 heteroatoms. The number of unbranched alkanes of at least 4 members (excludes halogenated alkanes) is 2. The van der Waals surface area contributed by atoms with Gasteiger partial charge in [-0.3, -0.25) is 0 Å². The zero-order chi connectivity index (χ0) is 14.8. The molecule has 0 aliphatic carbocycles. The Morgan fingerprint density at radius 2 is 1.85 bits per heavy atom. The van der Waals surface area contributed by atoms with Crippen molar-refractivity contribution in [3.8, 4) is 0 Å².